The van der Waals surface area contributed by atoms with E-state index >= 15 is 0 Å². The van der Waals surface area contributed by atoms with Gasteiger partial charge in [-0.15, -0.1) is 0 Å². The molecule has 0 radical (unpaired) electrons. The Hall–Kier alpha value is -1.10. The highest BCUT2D eigenvalue weighted by atomic mass is 127. The summed E-state index contributed by atoms with van der Waals surface area (Å²) < 4.78 is 13.9. The van der Waals surface area contributed by atoms with Crippen LogP contribution in [0.3, 0.4) is 0 Å². The zero-order valence-corrected chi connectivity index (χ0v) is 12.5. The molecule has 0 amide bonds. The van der Waals surface area contributed by atoms with Crippen molar-refractivity contribution in [3.63, 3.8) is 0 Å². The zero-order valence-electron chi connectivity index (χ0n) is 10.4. The molecule has 1 nitrogen and oxygen atoms in total. The maximum absolute atomic E-state index is 13.0. The van der Waals surface area contributed by atoms with Gasteiger partial charge in [-0.1, -0.05) is 29.8 Å². The lowest BCUT2D eigenvalue weighted by molar-refractivity contribution is 0.627. The Kier molecular flexibility index (Phi) is 4.22. The molecule has 0 aromatic heterocycles. The largest absolute Gasteiger partial charge is 0.378 e. The summed E-state index contributed by atoms with van der Waals surface area (Å²) in [5.41, 5.74) is 3.44. The number of aryl methyl sites for hydroxylation is 1. The number of anilines is 1. The Morgan fingerprint density at radius 3 is 2.39 bits per heavy atom. The van der Waals surface area contributed by atoms with Gasteiger partial charge in [0.2, 0.25) is 0 Å². The number of rotatable bonds is 3. The van der Waals surface area contributed by atoms with E-state index in [2.05, 4.69) is 66.0 Å². The molecule has 94 valence electrons. The quantitative estimate of drug-likeness (QED) is 0.772. The molecule has 3 heteroatoms. The number of benzene rings is 2. The second kappa shape index (κ2) is 5.69. The standard InChI is InChI=1S/C15H15FIN/c1-10-3-5-12(6-4-10)11(2)18-15-8-7-13(16)9-14(15)17/h3-9,11,18H,1-2H3. The molecular weight excluding hydrogens is 340 g/mol. The second-order valence-electron chi connectivity index (χ2n) is 4.40. The minimum atomic E-state index is -0.201. The monoisotopic (exact) mass is 355 g/mol. The molecule has 1 N–H and O–H groups in total. The summed E-state index contributed by atoms with van der Waals surface area (Å²) >= 11 is 2.14. The van der Waals surface area contributed by atoms with Gasteiger partial charge in [-0.2, -0.15) is 0 Å². The highest BCUT2D eigenvalue weighted by Crippen LogP contribution is 2.24. The van der Waals surface area contributed by atoms with Gasteiger partial charge >= 0.3 is 0 Å². The summed E-state index contributed by atoms with van der Waals surface area (Å²) in [4.78, 5) is 0. The van der Waals surface area contributed by atoms with E-state index in [0.717, 1.165) is 9.26 Å². The van der Waals surface area contributed by atoms with Crippen molar-refractivity contribution >= 4 is 28.3 Å². The normalized spacial score (nSPS) is 12.2. The van der Waals surface area contributed by atoms with Crippen LogP contribution in [0.2, 0.25) is 0 Å². The maximum atomic E-state index is 13.0. The molecule has 0 fully saturated rings. The third-order valence-corrected chi connectivity index (χ3v) is 3.77. The molecule has 0 aliphatic carbocycles. The van der Waals surface area contributed by atoms with Crippen LogP contribution in [-0.2, 0) is 0 Å². The van der Waals surface area contributed by atoms with Crippen LogP contribution < -0.4 is 5.32 Å². The van der Waals surface area contributed by atoms with E-state index < -0.39 is 0 Å². The van der Waals surface area contributed by atoms with Crippen molar-refractivity contribution in [2.24, 2.45) is 0 Å². The third kappa shape index (κ3) is 3.22. The van der Waals surface area contributed by atoms with E-state index in [1.54, 1.807) is 6.07 Å². The Bertz CT molecular complexity index is 537. The number of hydrogen-bond donors (Lipinski definition) is 1. The Morgan fingerprint density at radius 2 is 1.78 bits per heavy atom. The van der Waals surface area contributed by atoms with Crippen molar-refractivity contribution in [2.75, 3.05) is 5.32 Å². The predicted octanol–water partition coefficient (Wildman–Crippen LogP) is 4.91. The summed E-state index contributed by atoms with van der Waals surface area (Å²) in [6.07, 6.45) is 0. The lowest BCUT2D eigenvalue weighted by Gasteiger charge is -2.17. The van der Waals surface area contributed by atoms with Crippen LogP contribution in [0, 0.1) is 16.3 Å². The number of hydrogen-bond acceptors (Lipinski definition) is 1. The highest BCUT2D eigenvalue weighted by Gasteiger charge is 2.07. The summed E-state index contributed by atoms with van der Waals surface area (Å²) in [5, 5.41) is 3.40. The van der Waals surface area contributed by atoms with Crippen molar-refractivity contribution < 1.29 is 4.39 Å². The molecule has 0 heterocycles. The first-order valence-corrected chi connectivity index (χ1v) is 6.92. The van der Waals surface area contributed by atoms with Gasteiger partial charge in [-0.25, -0.2) is 4.39 Å². The molecule has 2 rings (SSSR count). The second-order valence-corrected chi connectivity index (χ2v) is 5.56. The first kappa shape index (κ1) is 13.3. The Morgan fingerprint density at radius 1 is 1.11 bits per heavy atom. The van der Waals surface area contributed by atoms with Crippen LogP contribution in [-0.4, -0.2) is 0 Å². The van der Waals surface area contributed by atoms with Gasteiger partial charge in [-0.05, 0) is 60.2 Å². The van der Waals surface area contributed by atoms with E-state index in [4.69, 9.17) is 0 Å². The van der Waals surface area contributed by atoms with Gasteiger partial charge < -0.3 is 5.32 Å². The third-order valence-electron chi connectivity index (χ3n) is 2.88. The van der Waals surface area contributed by atoms with Crippen molar-refractivity contribution in [1.29, 1.82) is 0 Å². The molecule has 2 aromatic carbocycles. The highest BCUT2D eigenvalue weighted by molar-refractivity contribution is 14.1. The van der Waals surface area contributed by atoms with Gasteiger partial charge in [0.05, 0.1) is 0 Å². The fraction of sp³-hybridized carbons (Fsp3) is 0.200. The minimum absolute atomic E-state index is 0.199. The van der Waals surface area contributed by atoms with Crippen molar-refractivity contribution in [3.8, 4) is 0 Å². The molecule has 0 spiro atoms. The van der Waals surface area contributed by atoms with Gasteiger partial charge in [0.15, 0.2) is 0 Å². The lowest BCUT2D eigenvalue weighted by atomic mass is 10.1. The van der Waals surface area contributed by atoms with E-state index in [1.807, 2.05) is 0 Å². The maximum Gasteiger partial charge on any atom is 0.124 e. The van der Waals surface area contributed by atoms with Crippen LogP contribution in [0.1, 0.15) is 24.1 Å². The van der Waals surface area contributed by atoms with Gasteiger partial charge in [0.25, 0.3) is 0 Å². The molecule has 0 saturated heterocycles. The zero-order chi connectivity index (χ0) is 13.1. The van der Waals surface area contributed by atoms with Crippen LogP contribution in [0.5, 0.6) is 0 Å². The average molecular weight is 355 g/mol. The van der Waals surface area contributed by atoms with Crippen molar-refractivity contribution in [1.82, 2.24) is 0 Å². The van der Waals surface area contributed by atoms with E-state index in [1.165, 1.54) is 23.3 Å². The van der Waals surface area contributed by atoms with Crippen molar-refractivity contribution in [2.45, 2.75) is 19.9 Å². The molecule has 0 saturated carbocycles. The molecule has 1 unspecified atom stereocenters. The first-order chi connectivity index (χ1) is 8.56. The molecule has 18 heavy (non-hydrogen) atoms. The topological polar surface area (TPSA) is 12.0 Å². The molecule has 0 aliphatic rings. The van der Waals surface area contributed by atoms with E-state index in [-0.39, 0.29) is 11.9 Å². The Labute approximate surface area is 121 Å². The summed E-state index contributed by atoms with van der Waals surface area (Å²) in [7, 11) is 0. The summed E-state index contributed by atoms with van der Waals surface area (Å²) in [6.45, 7) is 4.18. The molecular formula is C15H15FIN. The van der Waals surface area contributed by atoms with E-state index in [9.17, 15) is 4.39 Å². The van der Waals surface area contributed by atoms with E-state index in [0.29, 0.717) is 0 Å². The smallest absolute Gasteiger partial charge is 0.124 e. The molecule has 0 aliphatic heterocycles. The molecule has 0 bridgehead atoms. The minimum Gasteiger partial charge on any atom is -0.378 e. The predicted molar refractivity (Wildman–Crippen MR) is 82.3 cm³/mol. The van der Waals surface area contributed by atoms with Gasteiger partial charge in [0, 0.05) is 15.3 Å². The van der Waals surface area contributed by atoms with Crippen LogP contribution in [0.4, 0.5) is 10.1 Å². The van der Waals surface area contributed by atoms with Gasteiger partial charge in [0.1, 0.15) is 5.82 Å². The van der Waals surface area contributed by atoms with Gasteiger partial charge in [-0.3, -0.25) is 0 Å². The Balaban J connectivity index is 2.15. The SMILES string of the molecule is Cc1ccc(C(C)Nc2ccc(F)cc2I)cc1. The molecule has 2 aromatic rings. The first-order valence-electron chi connectivity index (χ1n) is 5.84. The summed E-state index contributed by atoms with van der Waals surface area (Å²) in [6, 6.07) is 13.4. The number of halogens is 2. The van der Waals surface area contributed by atoms with Crippen LogP contribution >= 0.6 is 22.6 Å². The number of nitrogens with one attached hydrogen (secondary N) is 1. The molecule has 1 atom stereocenters. The fourth-order valence-corrected chi connectivity index (χ4v) is 2.41. The van der Waals surface area contributed by atoms with Crippen LogP contribution in [0.15, 0.2) is 42.5 Å². The van der Waals surface area contributed by atoms with Crippen LogP contribution in [0.25, 0.3) is 0 Å². The average Bonchev–Trinajstić information content (AvgIpc) is 2.33. The lowest BCUT2D eigenvalue weighted by Crippen LogP contribution is -2.07. The van der Waals surface area contributed by atoms with Crippen molar-refractivity contribution in [3.05, 3.63) is 63.0 Å². The fourth-order valence-electron chi connectivity index (χ4n) is 1.78. The summed E-state index contributed by atoms with van der Waals surface area (Å²) in [5.74, 6) is -0.201.